The van der Waals surface area contributed by atoms with Crippen LogP contribution in [0.2, 0.25) is 0 Å². The van der Waals surface area contributed by atoms with Gasteiger partial charge in [0.1, 0.15) is 0 Å². The van der Waals surface area contributed by atoms with Gasteiger partial charge in [-0.25, -0.2) is 0 Å². The zero-order valence-corrected chi connectivity index (χ0v) is 10.4. The van der Waals surface area contributed by atoms with E-state index in [-0.39, 0.29) is 0 Å². The van der Waals surface area contributed by atoms with Crippen molar-refractivity contribution in [3.63, 3.8) is 0 Å². The van der Waals surface area contributed by atoms with E-state index < -0.39 is 0 Å². The van der Waals surface area contributed by atoms with Crippen LogP contribution in [-0.2, 0) is 6.54 Å². The summed E-state index contributed by atoms with van der Waals surface area (Å²) in [6, 6.07) is 0. The third kappa shape index (κ3) is 3.75. The van der Waals surface area contributed by atoms with Crippen LogP contribution in [0.1, 0.15) is 25.1 Å². The smallest absolute Gasteiger partial charge is 0.0552 e. The molecule has 13 heavy (non-hydrogen) atoms. The highest BCUT2D eigenvalue weighted by atomic mass is 79.9. The van der Waals surface area contributed by atoms with Gasteiger partial charge in [-0.15, -0.1) is 0 Å². The zero-order valence-electron chi connectivity index (χ0n) is 8.01. The van der Waals surface area contributed by atoms with Crippen molar-refractivity contribution in [1.29, 1.82) is 0 Å². The van der Waals surface area contributed by atoms with Crippen molar-refractivity contribution >= 4 is 27.5 Å². The number of hydrogen-bond acceptors (Lipinski definition) is 3. The van der Waals surface area contributed by atoms with Crippen LogP contribution in [0.25, 0.3) is 0 Å². The fraction of sp³-hybridized carbons (Fsp3) is 0.667. The summed E-state index contributed by atoms with van der Waals surface area (Å²) in [5.74, 6) is 0.756. The van der Waals surface area contributed by atoms with Gasteiger partial charge in [0, 0.05) is 6.54 Å². The highest BCUT2D eigenvalue weighted by Crippen LogP contribution is 2.19. The highest BCUT2D eigenvalue weighted by molar-refractivity contribution is 9.10. The summed E-state index contributed by atoms with van der Waals surface area (Å²) in [4.78, 5) is 1.28. The first kappa shape index (κ1) is 11.1. The summed E-state index contributed by atoms with van der Waals surface area (Å²) in [5, 5.41) is 3.42. The maximum absolute atomic E-state index is 4.09. The number of nitrogens with zero attached hydrogens (tertiary/aromatic N) is 1. The van der Waals surface area contributed by atoms with E-state index in [0.717, 1.165) is 23.5 Å². The maximum Gasteiger partial charge on any atom is 0.0552 e. The summed E-state index contributed by atoms with van der Waals surface area (Å²) in [6.45, 7) is 6.49. The number of aromatic nitrogens is 1. The first-order valence-corrected chi connectivity index (χ1v) is 6.10. The number of nitrogens with one attached hydrogen (secondary N) is 1. The maximum atomic E-state index is 4.09. The molecule has 0 amide bonds. The molecule has 1 unspecified atom stereocenters. The van der Waals surface area contributed by atoms with Crippen molar-refractivity contribution in [2.45, 2.75) is 26.8 Å². The molecular formula is C9H15BrN2S. The topological polar surface area (TPSA) is 24.9 Å². The van der Waals surface area contributed by atoms with E-state index in [2.05, 4.69) is 39.5 Å². The van der Waals surface area contributed by atoms with Crippen LogP contribution in [-0.4, -0.2) is 10.9 Å². The van der Waals surface area contributed by atoms with Crippen LogP contribution in [0.5, 0.6) is 0 Å². The van der Waals surface area contributed by atoms with E-state index in [9.17, 15) is 0 Å². The van der Waals surface area contributed by atoms with Gasteiger partial charge in [-0.3, -0.25) is 0 Å². The molecule has 0 fully saturated rings. The molecule has 1 atom stereocenters. The number of rotatable bonds is 5. The van der Waals surface area contributed by atoms with Crippen molar-refractivity contribution in [3.05, 3.63) is 15.5 Å². The summed E-state index contributed by atoms with van der Waals surface area (Å²) in [7, 11) is 0. The molecule has 1 N–H and O–H groups in total. The van der Waals surface area contributed by atoms with E-state index in [4.69, 9.17) is 0 Å². The molecule has 1 rings (SSSR count). The highest BCUT2D eigenvalue weighted by Gasteiger charge is 2.02. The minimum absolute atomic E-state index is 0.756. The van der Waals surface area contributed by atoms with Gasteiger partial charge in [-0.2, -0.15) is 4.37 Å². The van der Waals surface area contributed by atoms with Crippen LogP contribution in [0.4, 0.5) is 0 Å². The monoisotopic (exact) mass is 262 g/mol. The van der Waals surface area contributed by atoms with Gasteiger partial charge in [0.05, 0.1) is 15.5 Å². The lowest BCUT2D eigenvalue weighted by molar-refractivity contribution is 0.501. The summed E-state index contributed by atoms with van der Waals surface area (Å²) in [5.41, 5.74) is 0. The molecule has 0 saturated carbocycles. The molecule has 1 aromatic heterocycles. The van der Waals surface area contributed by atoms with Crippen LogP contribution in [0, 0.1) is 5.92 Å². The molecule has 0 aliphatic rings. The van der Waals surface area contributed by atoms with E-state index in [1.807, 2.05) is 6.20 Å². The van der Waals surface area contributed by atoms with Crippen LogP contribution in [0.15, 0.2) is 10.7 Å². The Bertz CT molecular complexity index is 250. The first-order chi connectivity index (χ1) is 6.24. The third-order valence-electron chi connectivity index (χ3n) is 2.07. The molecule has 0 bridgehead atoms. The molecule has 1 heterocycles. The Labute approximate surface area is 92.0 Å². The molecule has 0 saturated heterocycles. The SMILES string of the molecule is CCC(C)CNCc1sncc1Br. The Morgan fingerprint density at radius 3 is 3.00 bits per heavy atom. The second-order valence-electron chi connectivity index (χ2n) is 3.24. The fourth-order valence-electron chi connectivity index (χ4n) is 0.945. The lowest BCUT2D eigenvalue weighted by atomic mass is 10.1. The molecule has 4 heteroatoms. The minimum Gasteiger partial charge on any atom is -0.311 e. The van der Waals surface area contributed by atoms with Gasteiger partial charge in [-0.05, 0) is 39.9 Å². The molecular weight excluding hydrogens is 248 g/mol. The van der Waals surface area contributed by atoms with Crippen molar-refractivity contribution in [2.24, 2.45) is 5.92 Å². The molecule has 2 nitrogen and oxygen atoms in total. The van der Waals surface area contributed by atoms with E-state index in [1.165, 1.54) is 11.3 Å². The van der Waals surface area contributed by atoms with Gasteiger partial charge in [-0.1, -0.05) is 20.3 Å². The Morgan fingerprint density at radius 1 is 1.69 bits per heavy atom. The first-order valence-electron chi connectivity index (χ1n) is 4.53. The summed E-state index contributed by atoms with van der Waals surface area (Å²) >= 11 is 5.01. The molecule has 74 valence electrons. The summed E-state index contributed by atoms with van der Waals surface area (Å²) < 4.78 is 5.21. The molecule has 0 spiro atoms. The van der Waals surface area contributed by atoms with Crippen LogP contribution >= 0.6 is 27.5 Å². The lowest BCUT2D eigenvalue weighted by Gasteiger charge is -2.08. The van der Waals surface area contributed by atoms with Crippen molar-refractivity contribution < 1.29 is 0 Å². The average molecular weight is 263 g/mol. The average Bonchev–Trinajstić information content (AvgIpc) is 2.52. The lowest BCUT2D eigenvalue weighted by Crippen LogP contribution is -2.19. The Balaban J connectivity index is 2.24. The minimum atomic E-state index is 0.756. The zero-order chi connectivity index (χ0) is 9.68. The molecule has 0 radical (unpaired) electrons. The van der Waals surface area contributed by atoms with Gasteiger partial charge < -0.3 is 5.32 Å². The van der Waals surface area contributed by atoms with Gasteiger partial charge in [0.15, 0.2) is 0 Å². The summed E-state index contributed by atoms with van der Waals surface area (Å²) in [6.07, 6.45) is 3.09. The molecule has 0 aliphatic carbocycles. The molecule has 0 aromatic carbocycles. The Kier molecular flexibility index (Phi) is 4.91. The second-order valence-corrected chi connectivity index (χ2v) is 4.98. The van der Waals surface area contributed by atoms with Crippen molar-refractivity contribution in [1.82, 2.24) is 9.69 Å². The van der Waals surface area contributed by atoms with E-state index in [0.29, 0.717) is 0 Å². The largest absolute Gasteiger partial charge is 0.311 e. The number of halogens is 1. The van der Waals surface area contributed by atoms with E-state index in [1.54, 1.807) is 11.5 Å². The number of hydrogen-bond donors (Lipinski definition) is 1. The van der Waals surface area contributed by atoms with Crippen LogP contribution in [0.3, 0.4) is 0 Å². The fourth-order valence-corrected chi connectivity index (χ4v) is 2.13. The third-order valence-corrected chi connectivity index (χ3v) is 3.81. The second kappa shape index (κ2) is 5.73. The van der Waals surface area contributed by atoms with Crippen molar-refractivity contribution in [2.75, 3.05) is 6.54 Å². The molecule has 0 aliphatic heterocycles. The molecule has 1 aromatic rings. The van der Waals surface area contributed by atoms with Gasteiger partial charge in [0.25, 0.3) is 0 Å². The van der Waals surface area contributed by atoms with Gasteiger partial charge >= 0.3 is 0 Å². The Morgan fingerprint density at radius 2 is 2.46 bits per heavy atom. The quantitative estimate of drug-likeness (QED) is 0.883. The predicted octanol–water partition coefficient (Wildman–Crippen LogP) is 3.04. The van der Waals surface area contributed by atoms with E-state index >= 15 is 0 Å². The van der Waals surface area contributed by atoms with Crippen molar-refractivity contribution in [3.8, 4) is 0 Å². The Hall–Kier alpha value is 0.0700. The predicted molar refractivity (Wildman–Crippen MR) is 61.0 cm³/mol. The standard InChI is InChI=1S/C9H15BrN2S/c1-3-7(2)4-11-6-9-8(10)5-12-13-9/h5,7,11H,3-4,6H2,1-2H3. The normalized spacial score (nSPS) is 13.2. The van der Waals surface area contributed by atoms with Crippen LogP contribution < -0.4 is 5.32 Å². The van der Waals surface area contributed by atoms with Gasteiger partial charge in [0.2, 0.25) is 0 Å².